The number of hydrogen-bond acceptors (Lipinski definition) is 0. The third-order valence-electron chi connectivity index (χ3n) is 4.98. The lowest BCUT2D eigenvalue weighted by molar-refractivity contribution is -0.805. The Morgan fingerprint density at radius 2 is 1.82 bits per heavy atom. The van der Waals surface area contributed by atoms with Crippen LogP contribution in [0, 0.1) is 11.8 Å². The van der Waals surface area contributed by atoms with E-state index in [1.807, 2.05) is 0 Å². The van der Waals surface area contributed by atoms with Gasteiger partial charge < -0.3 is 4.48 Å². The fourth-order valence-electron chi connectivity index (χ4n) is 3.58. The molecule has 102 valence electrons. The smallest absolute Gasteiger partial charge is 0.141 e. The predicted octanol–water partition coefficient (Wildman–Crippen LogP) is 4.47. The Morgan fingerprint density at radius 3 is 2.35 bits per heavy atom. The summed E-state index contributed by atoms with van der Waals surface area (Å²) in [6.45, 7) is 13.3. The molecule has 0 N–H and O–H groups in total. The topological polar surface area (TPSA) is 0 Å². The zero-order valence-electron chi connectivity index (χ0n) is 13.0. The zero-order chi connectivity index (χ0) is 13.1. The first-order chi connectivity index (χ1) is 7.91. The lowest BCUT2D eigenvalue weighted by atomic mass is 9.94. The van der Waals surface area contributed by atoms with Crippen LogP contribution in [0.25, 0.3) is 0 Å². The van der Waals surface area contributed by atoms with Gasteiger partial charge in [0.05, 0.1) is 13.6 Å². The van der Waals surface area contributed by atoms with Crippen LogP contribution >= 0.6 is 0 Å². The van der Waals surface area contributed by atoms with E-state index in [9.17, 15) is 0 Å². The van der Waals surface area contributed by atoms with Crippen LogP contribution in [0.5, 0.6) is 0 Å². The van der Waals surface area contributed by atoms with Gasteiger partial charge in [-0.15, -0.1) is 0 Å². The van der Waals surface area contributed by atoms with Gasteiger partial charge in [-0.2, -0.15) is 0 Å². The molecule has 1 aliphatic heterocycles. The summed E-state index contributed by atoms with van der Waals surface area (Å²) in [7, 11) is 2.47. The number of nitrogens with zero attached hydrogens (tertiary/aromatic N) is 1. The zero-order valence-corrected chi connectivity index (χ0v) is 13.0. The van der Waals surface area contributed by atoms with Gasteiger partial charge in [0, 0.05) is 6.42 Å². The molecule has 0 amide bonds. The fraction of sp³-hybridized carbons (Fsp3) is 1.00. The van der Waals surface area contributed by atoms with Crippen LogP contribution in [0.3, 0.4) is 0 Å². The van der Waals surface area contributed by atoms with Crippen molar-refractivity contribution in [1.29, 1.82) is 0 Å². The average Bonchev–Trinajstić information content (AvgIpc) is 2.75. The quantitative estimate of drug-likeness (QED) is 0.434. The highest BCUT2D eigenvalue weighted by Gasteiger charge is 2.58. The Morgan fingerprint density at radius 1 is 1.18 bits per heavy atom. The maximum atomic E-state index is 2.47. The van der Waals surface area contributed by atoms with Crippen LogP contribution in [0.2, 0.25) is 0 Å². The summed E-state index contributed by atoms with van der Waals surface area (Å²) in [6.07, 6.45) is 7.04. The molecule has 1 aliphatic rings. The fourth-order valence-corrected chi connectivity index (χ4v) is 3.58. The number of likely N-dealkylation sites (N-methyl/N-ethyl adjacent to an activating group) is 1. The first kappa shape index (κ1) is 15.0. The van der Waals surface area contributed by atoms with Gasteiger partial charge in [0.25, 0.3) is 0 Å². The number of hydrogen-bond donors (Lipinski definition) is 0. The molecule has 0 spiro atoms. The van der Waals surface area contributed by atoms with Crippen molar-refractivity contribution >= 4 is 0 Å². The van der Waals surface area contributed by atoms with Crippen LogP contribution in [0.1, 0.15) is 66.7 Å². The molecule has 0 aromatic heterocycles. The summed E-state index contributed by atoms with van der Waals surface area (Å²) in [5, 5.41) is 0. The molecule has 0 saturated carbocycles. The molecule has 1 nitrogen and oxygen atoms in total. The van der Waals surface area contributed by atoms with Crippen LogP contribution in [0.15, 0.2) is 0 Å². The molecule has 1 fully saturated rings. The number of unbranched alkanes of at least 4 members (excludes halogenated alkanes) is 1. The summed E-state index contributed by atoms with van der Waals surface area (Å²) in [5.41, 5.74) is 0. The molecule has 0 bridgehead atoms. The molecule has 0 aromatic carbocycles. The van der Waals surface area contributed by atoms with Crippen LogP contribution < -0.4 is 0 Å². The second kappa shape index (κ2) is 6.22. The molecule has 1 heterocycles. The second-order valence-corrected chi connectivity index (χ2v) is 7.04. The van der Waals surface area contributed by atoms with Gasteiger partial charge in [0.1, 0.15) is 12.1 Å². The van der Waals surface area contributed by atoms with Crippen LogP contribution in [-0.2, 0) is 0 Å². The van der Waals surface area contributed by atoms with Crippen molar-refractivity contribution in [2.24, 2.45) is 11.8 Å². The third-order valence-corrected chi connectivity index (χ3v) is 4.98. The second-order valence-electron chi connectivity index (χ2n) is 7.04. The van der Waals surface area contributed by atoms with Crippen molar-refractivity contribution in [1.82, 2.24) is 0 Å². The van der Waals surface area contributed by atoms with Gasteiger partial charge in [0.15, 0.2) is 0 Å². The molecular formula is C16H34N+. The van der Waals surface area contributed by atoms with Crippen molar-refractivity contribution < 1.29 is 4.48 Å². The summed E-state index contributed by atoms with van der Waals surface area (Å²) >= 11 is 0. The first-order valence-electron chi connectivity index (χ1n) is 7.76. The van der Waals surface area contributed by atoms with Crippen molar-refractivity contribution in [3.63, 3.8) is 0 Å². The van der Waals surface area contributed by atoms with Gasteiger partial charge in [0.2, 0.25) is 0 Å². The van der Waals surface area contributed by atoms with E-state index in [1.54, 1.807) is 0 Å². The minimum absolute atomic E-state index is 0.864. The lowest BCUT2D eigenvalue weighted by Gasteiger charge is -2.16. The van der Waals surface area contributed by atoms with Crippen molar-refractivity contribution in [2.75, 3.05) is 13.6 Å². The molecule has 4 atom stereocenters. The van der Waals surface area contributed by atoms with Gasteiger partial charge in [-0.05, 0) is 38.0 Å². The van der Waals surface area contributed by atoms with E-state index >= 15 is 0 Å². The van der Waals surface area contributed by atoms with Crippen molar-refractivity contribution in [3.8, 4) is 0 Å². The molecule has 4 unspecified atom stereocenters. The van der Waals surface area contributed by atoms with Gasteiger partial charge >= 0.3 is 0 Å². The Hall–Kier alpha value is -0.0400. The molecule has 0 radical (unpaired) electrons. The van der Waals surface area contributed by atoms with E-state index in [2.05, 4.69) is 41.7 Å². The van der Waals surface area contributed by atoms with E-state index in [4.69, 9.17) is 0 Å². The van der Waals surface area contributed by atoms with Crippen LogP contribution in [-0.4, -0.2) is 30.2 Å². The van der Waals surface area contributed by atoms with E-state index in [0.29, 0.717) is 0 Å². The summed E-state index contributed by atoms with van der Waals surface area (Å²) in [6, 6.07) is 1.89. The predicted molar refractivity (Wildman–Crippen MR) is 77.1 cm³/mol. The highest BCUT2D eigenvalue weighted by atomic mass is 15.5. The lowest BCUT2D eigenvalue weighted by Crippen LogP contribution is -2.26. The molecular weight excluding hydrogens is 206 g/mol. The van der Waals surface area contributed by atoms with Gasteiger partial charge in [-0.1, -0.05) is 34.1 Å². The Balaban J connectivity index is 2.25. The molecule has 1 rings (SSSR count). The highest BCUT2D eigenvalue weighted by Crippen LogP contribution is 2.41. The van der Waals surface area contributed by atoms with E-state index in [0.717, 1.165) is 23.9 Å². The van der Waals surface area contributed by atoms with E-state index < -0.39 is 0 Å². The molecule has 0 aliphatic carbocycles. The maximum Gasteiger partial charge on any atom is 0.141 e. The molecule has 17 heavy (non-hydrogen) atoms. The normalized spacial score (nSPS) is 34.1. The summed E-state index contributed by atoms with van der Waals surface area (Å²) in [4.78, 5) is 0. The largest absolute Gasteiger partial charge is 0.312 e. The SMILES string of the molecule is CCCC[N+]1(C)C(C)C1CCC(C)CC(C)C. The monoisotopic (exact) mass is 240 g/mol. The maximum absolute atomic E-state index is 2.47. The molecule has 1 heteroatoms. The number of rotatable bonds is 8. The van der Waals surface area contributed by atoms with Crippen LogP contribution in [0.4, 0.5) is 0 Å². The minimum atomic E-state index is 0.864. The van der Waals surface area contributed by atoms with Gasteiger partial charge in [-0.3, -0.25) is 0 Å². The van der Waals surface area contributed by atoms with Crippen molar-refractivity contribution in [3.05, 3.63) is 0 Å². The van der Waals surface area contributed by atoms with Gasteiger partial charge in [-0.25, -0.2) is 0 Å². The van der Waals surface area contributed by atoms with E-state index in [1.165, 1.54) is 43.1 Å². The first-order valence-corrected chi connectivity index (χ1v) is 7.76. The molecule has 1 saturated heterocycles. The summed E-state index contributed by atoms with van der Waals surface area (Å²) in [5.74, 6) is 1.78. The minimum Gasteiger partial charge on any atom is -0.312 e. The Bertz CT molecular complexity index is 224. The summed E-state index contributed by atoms with van der Waals surface area (Å²) < 4.78 is 1.36. The highest BCUT2D eigenvalue weighted by molar-refractivity contribution is 4.83. The Labute approximate surface area is 109 Å². The molecule has 0 aromatic rings. The third kappa shape index (κ3) is 3.98. The van der Waals surface area contributed by atoms with E-state index in [-0.39, 0.29) is 0 Å². The average molecular weight is 240 g/mol. The standard InChI is InChI=1S/C16H34N/c1-7-8-11-17(6)15(5)16(17)10-9-14(4)12-13(2)3/h13-16H,7-12H2,1-6H3/q+1. The number of quaternary nitrogens is 1. The Kier molecular flexibility index (Phi) is 5.50. The van der Waals surface area contributed by atoms with Crippen molar-refractivity contribution in [2.45, 2.75) is 78.8 Å².